The van der Waals surface area contributed by atoms with Crippen LogP contribution >= 0.6 is 11.8 Å². The summed E-state index contributed by atoms with van der Waals surface area (Å²) in [5.41, 5.74) is 1.23. The number of carbonyl (C=O) groups excluding carboxylic acids is 1. The van der Waals surface area contributed by atoms with Crippen molar-refractivity contribution >= 4 is 17.7 Å². The summed E-state index contributed by atoms with van der Waals surface area (Å²) in [5.74, 6) is 2.61. The lowest BCUT2D eigenvalue weighted by Crippen LogP contribution is -2.28. The number of fused-ring (bicyclic) bond motifs is 1. The Labute approximate surface area is 147 Å². The van der Waals surface area contributed by atoms with Crippen molar-refractivity contribution in [2.75, 3.05) is 12.3 Å². The molecule has 0 saturated carbocycles. The zero-order chi connectivity index (χ0) is 16.8. The molecular weight excluding hydrogens is 320 g/mol. The molecule has 0 atom stereocenters. The second-order valence-corrected chi connectivity index (χ2v) is 7.25. The molecule has 0 bridgehead atoms. The Hall–Kier alpha value is -1.82. The van der Waals surface area contributed by atoms with Gasteiger partial charge in [0.1, 0.15) is 11.6 Å². The fourth-order valence-electron chi connectivity index (χ4n) is 2.88. The Morgan fingerprint density at radius 2 is 2.04 bits per heavy atom. The second kappa shape index (κ2) is 8.33. The molecule has 0 unspecified atom stereocenters. The maximum absolute atomic E-state index is 12.0. The molecule has 2 heterocycles. The summed E-state index contributed by atoms with van der Waals surface area (Å²) in [7, 11) is 0. The van der Waals surface area contributed by atoms with Crippen LogP contribution in [0.15, 0.2) is 29.2 Å². The number of hydrogen-bond donors (Lipinski definition) is 1. The van der Waals surface area contributed by atoms with Crippen LogP contribution in [0.4, 0.5) is 0 Å². The van der Waals surface area contributed by atoms with Crippen molar-refractivity contribution in [1.82, 2.24) is 20.1 Å². The van der Waals surface area contributed by atoms with Crippen LogP contribution in [-0.2, 0) is 24.2 Å². The number of aryl methyl sites for hydroxylation is 2. The smallest absolute Gasteiger partial charge is 0.230 e. The number of amides is 1. The first-order valence-corrected chi connectivity index (χ1v) is 9.58. The van der Waals surface area contributed by atoms with Gasteiger partial charge in [0.2, 0.25) is 5.91 Å². The van der Waals surface area contributed by atoms with Crippen LogP contribution < -0.4 is 5.32 Å². The van der Waals surface area contributed by atoms with Crippen LogP contribution in [0.5, 0.6) is 0 Å². The lowest BCUT2D eigenvalue weighted by molar-refractivity contribution is -0.118. The van der Waals surface area contributed by atoms with Crippen LogP contribution in [0, 0.1) is 6.92 Å². The molecular formula is C18H24N4OS. The predicted octanol–water partition coefficient (Wildman–Crippen LogP) is 2.76. The number of aromatic nitrogens is 3. The SMILES string of the molecule is Cc1ccc(SCC(=O)NCCc2nnc3n2CCCCC3)cc1. The quantitative estimate of drug-likeness (QED) is 0.819. The summed E-state index contributed by atoms with van der Waals surface area (Å²) in [5, 5.41) is 11.6. The van der Waals surface area contributed by atoms with E-state index in [4.69, 9.17) is 0 Å². The molecule has 0 radical (unpaired) electrons. The molecule has 3 rings (SSSR count). The van der Waals surface area contributed by atoms with Gasteiger partial charge in [-0.2, -0.15) is 0 Å². The van der Waals surface area contributed by atoms with Gasteiger partial charge in [-0.25, -0.2) is 0 Å². The molecule has 24 heavy (non-hydrogen) atoms. The van der Waals surface area contributed by atoms with Gasteiger partial charge in [-0.15, -0.1) is 22.0 Å². The van der Waals surface area contributed by atoms with Crippen molar-refractivity contribution in [3.63, 3.8) is 0 Å². The number of nitrogens with zero attached hydrogens (tertiary/aromatic N) is 3. The van der Waals surface area contributed by atoms with Gasteiger partial charge in [0.25, 0.3) is 0 Å². The number of benzene rings is 1. The van der Waals surface area contributed by atoms with E-state index in [0.717, 1.165) is 35.9 Å². The third kappa shape index (κ3) is 4.60. The largest absolute Gasteiger partial charge is 0.355 e. The highest BCUT2D eigenvalue weighted by Gasteiger charge is 2.14. The normalized spacial score (nSPS) is 14.0. The van der Waals surface area contributed by atoms with E-state index in [1.54, 1.807) is 11.8 Å². The topological polar surface area (TPSA) is 59.8 Å². The predicted molar refractivity (Wildman–Crippen MR) is 96.2 cm³/mol. The number of carbonyl (C=O) groups is 1. The fraction of sp³-hybridized carbons (Fsp3) is 0.500. The Morgan fingerprint density at radius 1 is 1.21 bits per heavy atom. The van der Waals surface area contributed by atoms with E-state index < -0.39 is 0 Å². The summed E-state index contributed by atoms with van der Waals surface area (Å²) in [6.45, 7) is 3.69. The zero-order valence-electron chi connectivity index (χ0n) is 14.1. The molecule has 1 aromatic heterocycles. The highest BCUT2D eigenvalue weighted by Crippen LogP contribution is 2.18. The molecule has 2 aromatic rings. The lowest BCUT2D eigenvalue weighted by atomic mass is 10.2. The van der Waals surface area contributed by atoms with Crippen molar-refractivity contribution in [1.29, 1.82) is 0 Å². The van der Waals surface area contributed by atoms with Gasteiger partial charge >= 0.3 is 0 Å². The fourth-order valence-corrected chi connectivity index (χ4v) is 3.61. The van der Waals surface area contributed by atoms with Crippen LogP contribution in [0.3, 0.4) is 0 Å². The number of nitrogens with one attached hydrogen (secondary N) is 1. The standard InChI is InChI=1S/C18H24N4OS/c1-14-6-8-15(9-7-14)24-13-18(23)19-11-10-17-21-20-16-5-3-2-4-12-22(16)17/h6-9H,2-5,10-13H2,1H3,(H,19,23). The van der Waals surface area contributed by atoms with Crippen molar-refractivity contribution in [3.05, 3.63) is 41.5 Å². The average molecular weight is 344 g/mol. The van der Waals surface area contributed by atoms with E-state index in [-0.39, 0.29) is 5.91 Å². The highest BCUT2D eigenvalue weighted by atomic mass is 32.2. The van der Waals surface area contributed by atoms with Crippen LogP contribution in [-0.4, -0.2) is 33.0 Å². The maximum atomic E-state index is 12.0. The molecule has 0 fully saturated rings. The lowest BCUT2D eigenvalue weighted by Gasteiger charge is -2.08. The minimum absolute atomic E-state index is 0.0659. The highest BCUT2D eigenvalue weighted by molar-refractivity contribution is 8.00. The van der Waals surface area contributed by atoms with Crippen molar-refractivity contribution in [2.24, 2.45) is 0 Å². The van der Waals surface area contributed by atoms with E-state index in [1.807, 2.05) is 0 Å². The Morgan fingerprint density at radius 3 is 2.88 bits per heavy atom. The van der Waals surface area contributed by atoms with E-state index >= 15 is 0 Å². The van der Waals surface area contributed by atoms with Crippen LogP contribution in [0.25, 0.3) is 0 Å². The maximum Gasteiger partial charge on any atom is 0.230 e. The zero-order valence-corrected chi connectivity index (χ0v) is 14.9. The summed E-state index contributed by atoms with van der Waals surface area (Å²) < 4.78 is 2.24. The monoisotopic (exact) mass is 344 g/mol. The van der Waals surface area contributed by atoms with E-state index in [0.29, 0.717) is 12.3 Å². The van der Waals surface area contributed by atoms with Crippen LogP contribution in [0.1, 0.15) is 36.5 Å². The molecule has 128 valence electrons. The molecule has 6 heteroatoms. The Balaban J connectivity index is 1.42. The van der Waals surface area contributed by atoms with Gasteiger partial charge in [-0.1, -0.05) is 24.1 Å². The van der Waals surface area contributed by atoms with Crippen molar-refractivity contribution in [3.8, 4) is 0 Å². The first-order chi connectivity index (χ1) is 11.7. The summed E-state index contributed by atoms with van der Waals surface area (Å²) >= 11 is 1.57. The molecule has 1 aliphatic heterocycles. The first kappa shape index (κ1) is 17.0. The third-order valence-corrected chi connectivity index (χ3v) is 5.26. The van der Waals surface area contributed by atoms with Gasteiger partial charge in [-0.3, -0.25) is 4.79 Å². The van der Waals surface area contributed by atoms with Crippen molar-refractivity contribution in [2.45, 2.75) is 50.5 Å². The summed E-state index contributed by atoms with van der Waals surface area (Å²) in [6, 6.07) is 8.24. The number of thioether (sulfide) groups is 1. The first-order valence-electron chi connectivity index (χ1n) is 8.59. The summed E-state index contributed by atoms with van der Waals surface area (Å²) in [6.07, 6.45) is 5.42. The molecule has 5 nitrogen and oxygen atoms in total. The minimum Gasteiger partial charge on any atom is -0.355 e. The van der Waals surface area contributed by atoms with Crippen molar-refractivity contribution < 1.29 is 4.79 Å². The molecule has 1 aromatic carbocycles. The number of hydrogen-bond acceptors (Lipinski definition) is 4. The molecule has 0 saturated heterocycles. The Kier molecular flexibility index (Phi) is 5.91. The van der Waals surface area contributed by atoms with E-state index in [2.05, 4.69) is 51.3 Å². The van der Waals surface area contributed by atoms with Gasteiger partial charge in [-0.05, 0) is 31.9 Å². The molecule has 1 aliphatic rings. The molecule has 0 aliphatic carbocycles. The Bertz CT molecular complexity index is 681. The minimum atomic E-state index is 0.0659. The average Bonchev–Trinajstić information content (AvgIpc) is 2.81. The van der Waals surface area contributed by atoms with E-state index in [9.17, 15) is 4.79 Å². The van der Waals surface area contributed by atoms with Gasteiger partial charge in [0, 0.05) is 30.8 Å². The van der Waals surface area contributed by atoms with Gasteiger partial charge < -0.3 is 9.88 Å². The van der Waals surface area contributed by atoms with E-state index in [1.165, 1.54) is 24.8 Å². The second-order valence-electron chi connectivity index (χ2n) is 6.20. The molecule has 1 amide bonds. The number of rotatable bonds is 6. The summed E-state index contributed by atoms with van der Waals surface area (Å²) in [4.78, 5) is 13.1. The van der Waals surface area contributed by atoms with Gasteiger partial charge in [0.15, 0.2) is 0 Å². The van der Waals surface area contributed by atoms with Gasteiger partial charge in [0.05, 0.1) is 5.75 Å². The molecule has 1 N–H and O–H groups in total. The van der Waals surface area contributed by atoms with Crippen LogP contribution in [0.2, 0.25) is 0 Å². The molecule has 0 spiro atoms. The third-order valence-electron chi connectivity index (χ3n) is 4.25.